The monoisotopic (exact) mass is 346 g/mol. The number of para-hydroxylation sites is 1. The van der Waals surface area contributed by atoms with Crippen LogP contribution < -0.4 is 10.6 Å². The van der Waals surface area contributed by atoms with Gasteiger partial charge in [-0.1, -0.05) is 62.4 Å². The molecule has 3 rings (SSSR count). The van der Waals surface area contributed by atoms with Gasteiger partial charge in [-0.05, 0) is 53.8 Å². The quantitative estimate of drug-likeness (QED) is 0.593. The van der Waals surface area contributed by atoms with E-state index in [1.54, 1.807) is 0 Å². The summed E-state index contributed by atoms with van der Waals surface area (Å²) < 4.78 is 0. The molecule has 0 unspecified atom stereocenters. The van der Waals surface area contributed by atoms with Gasteiger partial charge >= 0.3 is 0 Å². The lowest BCUT2D eigenvalue weighted by atomic mass is 9.97. The van der Waals surface area contributed by atoms with Crippen molar-refractivity contribution in [1.29, 1.82) is 0 Å². The third-order valence-corrected chi connectivity index (χ3v) is 4.89. The molecule has 3 aromatic rings. The normalized spacial score (nSPS) is 13.2. The molecule has 0 bridgehead atoms. The molecule has 3 nitrogen and oxygen atoms in total. The van der Waals surface area contributed by atoms with Crippen LogP contribution >= 0.6 is 0 Å². The minimum atomic E-state index is -0.332. The number of hydrogen-bond donors (Lipinski definition) is 2. The molecule has 0 radical (unpaired) electrons. The number of amides is 1. The van der Waals surface area contributed by atoms with Gasteiger partial charge in [-0.15, -0.1) is 0 Å². The van der Waals surface area contributed by atoms with E-state index >= 15 is 0 Å². The molecule has 0 fully saturated rings. The minimum Gasteiger partial charge on any atom is -0.374 e. The van der Waals surface area contributed by atoms with Crippen molar-refractivity contribution < 1.29 is 4.79 Å². The van der Waals surface area contributed by atoms with E-state index in [2.05, 4.69) is 54.8 Å². The molecule has 1 amide bonds. The first kappa shape index (κ1) is 18.0. The number of anilines is 2. The number of hydrogen-bond acceptors (Lipinski definition) is 2. The Balaban J connectivity index is 1.71. The van der Waals surface area contributed by atoms with E-state index in [1.807, 2.05) is 43.3 Å². The summed E-state index contributed by atoms with van der Waals surface area (Å²) in [7, 11) is 0. The van der Waals surface area contributed by atoms with Gasteiger partial charge < -0.3 is 10.6 Å². The molecule has 2 N–H and O–H groups in total. The van der Waals surface area contributed by atoms with Crippen LogP contribution in [0.5, 0.6) is 0 Å². The summed E-state index contributed by atoms with van der Waals surface area (Å²) in [5.41, 5.74) is 3.03. The topological polar surface area (TPSA) is 41.1 Å². The van der Waals surface area contributed by atoms with E-state index in [1.165, 1.54) is 10.9 Å². The largest absolute Gasteiger partial charge is 0.374 e. The van der Waals surface area contributed by atoms with Gasteiger partial charge in [0, 0.05) is 11.4 Å². The van der Waals surface area contributed by atoms with Crippen LogP contribution in [0.15, 0.2) is 66.7 Å². The molecule has 0 saturated heterocycles. The fourth-order valence-electron chi connectivity index (χ4n) is 3.10. The molecule has 0 aliphatic rings. The van der Waals surface area contributed by atoms with Crippen LogP contribution in [-0.4, -0.2) is 11.9 Å². The third-order valence-electron chi connectivity index (χ3n) is 4.89. The van der Waals surface area contributed by atoms with Gasteiger partial charge in [-0.25, -0.2) is 0 Å². The first-order chi connectivity index (χ1) is 12.6. The molecule has 0 aliphatic heterocycles. The second kappa shape index (κ2) is 8.05. The predicted octanol–water partition coefficient (Wildman–Crippen LogP) is 5.79. The van der Waals surface area contributed by atoms with Gasteiger partial charge in [-0.2, -0.15) is 0 Å². The maximum Gasteiger partial charge on any atom is 0.246 e. The summed E-state index contributed by atoms with van der Waals surface area (Å²) in [5.74, 6) is 0.379. The molecule has 0 aliphatic carbocycles. The lowest BCUT2D eigenvalue weighted by molar-refractivity contribution is -0.116. The van der Waals surface area contributed by atoms with Crippen molar-refractivity contribution in [3.63, 3.8) is 0 Å². The molecule has 0 saturated carbocycles. The average molecular weight is 346 g/mol. The van der Waals surface area contributed by atoms with Crippen molar-refractivity contribution in [3.05, 3.63) is 72.3 Å². The smallest absolute Gasteiger partial charge is 0.246 e. The van der Waals surface area contributed by atoms with Crippen LogP contribution in [0, 0.1) is 0 Å². The molecule has 26 heavy (non-hydrogen) atoms. The van der Waals surface area contributed by atoms with E-state index in [9.17, 15) is 4.79 Å². The van der Waals surface area contributed by atoms with Crippen molar-refractivity contribution in [2.75, 3.05) is 10.6 Å². The lowest BCUT2D eigenvalue weighted by Crippen LogP contribution is -2.32. The van der Waals surface area contributed by atoms with Crippen LogP contribution in [0.25, 0.3) is 10.8 Å². The van der Waals surface area contributed by atoms with Gasteiger partial charge in [0.05, 0.1) is 0 Å². The highest BCUT2D eigenvalue weighted by Gasteiger charge is 2.16. The molecule has 3 aromatic carbocycles. The SMILES string of the molecule is CC[C@H](C)c1ccccc1NC(=O)[C@@H](C)Nc1ccc2ccccc2c1. The number of fused-ring (bicyclic) bond motifs is 1. The standard InChI is InChI=1S/C23H26N2O/c1-4-16(2)21-11-7-8-12-22(21)25-23(26)17(3)24-20-14-13-18-9-5-6-10-19(18)15-20/h5-17,24H,4H2,1-3H3,(H,25,26)/t16-,17+/m0/s1. The maximum atomic E-state index is 12.7. The van der Waals surface area contributed by atoms with Crippen LogP contribution in [0.1, 0.15) is 38.7 Å². The van der Waals surface area contributed by atoms with Gasteiger partial charge in [0.1, 0.15) is 6.04 Å². The second-order valence-electron chi connectivity index (χ2n) is 6.81. The highest BCUT2D eigenvalue weighted by Crippen LogP contribution is 2.27. The molecular formula is C23H26N2O. The highest BCUT2D eigenvalue weighted by molar-refractivity contribution is 5.97. The van der Waals surface area contributed by atoms with Crippen molar-refractivity contribution in [2.24, 2.45) is 0 Å². The molecule has 3 heteroatoms. The van der Waals surface area contributed by atoms with Crippen molar-refractivity contribution in [2.45, 2.75) is 39.2 Å². The van der Waals surface area contributed by atoms with E-state index in [0.717, 1.165) is 23.2 Å². The predicted molar refractivity (Wildman–Crippen MR) is 111 cm³/mol. The van der Waals surface area contributed by atoms with Crippen molar-refractivity contribution in [1.82, 2.24) is 0 Å². The Morgan fingerprint density at radius 1 is 0.923 bits per heavy atom. The minimum absolute atomic E-state index is 0.0334. The Morgan fingerprint density at radius 2 is 1.62 bits per heavy atom. The number of carbonyl (C=O) groups is 1. The maximum absolute atomic E-state index is 12.7. The van der Waals surface area contributed by atoms with Crippen LogP contribution in [0.2, 0.25) is 0 Å². The van der Waals surface area contributed by atoms with E-state index in [4.69, 9.17) is 0 Å². The molecule has 0 heterocycles. The molecule has 0 spiro atoms. The van der Waals surface area contributed by atoms with Crippen LogP contribution in [0.4, 0.5) is 11.4 Å². The van der Waals surface area contributed by atoms with Crippen molar-refractivity contribution >= 4 is 28.1 Å². The zero-order chi connectivity index (χ0) is 18.5. The van der Waals surface area contributed by atoms with E-state index in [-0.39, 0.29) is 11.9 Å². The van der Waals surface area contributed by atoms with Crippen LogP contribution in [-0.2, 0) is 4.79 Å². The highest BCUT2D eigenvalue weighted by atomic mass is 16.2. The number of carbonyl (C=O) groups excluding carboxylic acids is 1. The van der Waals surface area contributed by atoms with E-state index in [0.29, 0.717) is 5.92 Å². The van der Waals surface area contributed by atoms with E-state index < -0.39 is 0 Å². The summed E-state index contributed by atoms with van der Waals surface area (Å²) in [6.45, 7) is 6.23. The number of rotatable bonds is 6. The van der Waals surface area contributed by atoms with Gasteiger partial charge in [-0.3, -0.25) is 4.79 Å². The number of nitrogens with one attached hydrogen (secondary N) is 2. The lowest BCUT2D eigenvalue weighted by Gasteiger charge is -2.19. The zero-order valence-electron chi connectivity index (χ0n) is 15.6. The zero-order valence-corrected chi connectivity index (χ0v) is 15.6. The molecule has 134 valence electrons. The van der Waals surface area contributed by atoms with Gasteiger partial charge in [0.15, 0.2) is 0 Å². The summed E-state index contributed by atoms with van der Waals surface area (Å²) in [6.07, 6.45) is 1.04. The summed E-state index contributed by atoms with van der Waals surface area (Å²) in [6, 6.07) is 22.1. The Morgan fingerprint density at radius 3 is 2.38 bits per heavy atom. The Bertz CT molecular complexity index is 903. The fourth-order valence-corrected chi connectivity index (χ4v) is 3.10. The molecule has 0 aromatic heterocycles. The summed E-state index contributed by atoms with van der Waals surface area (Å²) in [4.78, 5) is 12.7. The Labute approximate surface area is 155 Å². The molecular weight excluding hydrogens is 320 g/mol. The summed E-state index contributed by atoms with van der Waals surface area (Å²) >= 11 is 0. The van der Waals surface area contributed by atoms with Gasteiger partial charge in [0.2, 0.25) is 5.91 Å². The summed E-state index contributed by atoms with van der Waals surface area (Å²) in [5, 5.41) is 8.74. The third kappa shape index (κ3) is 4.05. The van der Waals surface area contributed by atoms with Crippen LogP contribution in [0.3, 0.4) is 0 Å². The second-order valence-corrected chi connectivity index (χ2v) is 6.81. The number of benzene rings is 3. The average Bonchev–Trinajstić information content (AvgIpc) is 2.67. The first-order valence-corrected chi connectivity index (χ1v) is 9.23. The fraction of sp³-hybridized carbons (Fsp3) is 0.261. The first-order valence-electron chi connectivity index (χ1n) is 9.23. The Kier molecular flexibility index (Phi) is 5.57. The van der Waals surface area contributed by atoms with Crippen molar-refractivity contribution in [3.8, 4) is 0 Å². The Hall–Kier alpha value is -2.81. The van der Waals surface area contributed by atoms with Gasteiger partial charge in [0.25, 0.3) is 0 Å². The molecule has 2 atom stereocenters.